The molecule has 0 aliphatic rings. The predicted octanol–water partition coefficient (Wildman–Crippen LogP) is 3.20. The van der Waals surface area contributed by atoms with Gasteiger partial charge < -0.3 is 5.32 Å². The van der Waals surface area contributed by atoms with Gasteiger partial charge in [-0.1, -0.05) is 49.4 Å². The summed E-state index contributed by atoms with van der Waals surface area (Å²) in [5.41, 5.74) is 1.54. The molecule has 0 aliphatic carbocycles. The number of rotatable bonds is 8. The minimum atomic E-state index is -3.50. The Morgan fingerprint density at radius 1 is 1.08 bits per heavy atom. The summed E-state index contributed by atoms with van der Waals surface area (Å²) in [6, 6.07) is 16.7. The lowest BCUT2D eigenvalue weighted by atomic mass is 10.2. The van der Waals surface area contributed by atoms with Crippen molar-refractivity contribution in [2.45, 2.75) is 18.4 Å². The summed E-state index contributed by atoms with van der Waals surface area (Å²) in [4.78, 5) is 13.4. The molecule has 0 atom stereocenters. The van der Waals surface area contributed by atoms with E-state index in [1.807, 2.05) is 61.5 Å². The van der Waals surface area contributed by atoms with Crippen LogP contribution in [0.5, 0.6) is 0 Å². The third-order valence-corrected chi connectivity index (χ3v) is 5.60. The number of carbonyl (C=O) groups excluding carboxylic acids is 1. The second-order valence-corrected chi connectivity index (χ2v) is 8.78. The van der Waals surface area contributed by atoms with E-state index >= 15 is 0 Å². The Labute approximate surface area is 153 Å². The first-order chi connectivity index (χ1) is 11.9. The number of sulfonamides is 1. The average Bonchev–Trinajstić information content (AvgIpc) is 2.56. The van der Waals surface area contributed by atoms with Gasteiger partial charge in [0.05, 0.1) is 18.5 Å². The van der Waals surface area contributed by atoms with Crippen molar-refractivity contribution in [1.82, 2.24) is 4.31 Å². The quantitative estimate of drug-likeness (QED) is 0.717. The normalized spacial score (nSPS) is 11.5. The zero-order chi connectivity index (χ0) is 18.3. The van der Waals surface area contributed by atoms with Gasteiger partial charge in [-0.3, -0.25) is 4.79 Å². The van der Waals surface area contributed by atoms with E-state index in [1.165, 1.54) is 4.31 Å². The predicted molar refractivity (Wildman–Crippen MR) is 103 cm³/mol. The maximum Gasteiger partial charge on any atom is 0.239 e. The molecule has 0 saturated heterocycles. The molecule has 134 valence electrons. The number of nitrogens with zero attached hydrogens (tertiary/aromatic N) is 1. The van der Waals surface area contributed by atoms with Crippen LogP contribution in [0.2, 0.25) is 0 Å². The van der Waals surface area contributed by atoms with Crippen molar-refractivity contribution in [3.63, 3.8) is 0 Å². The highest BCUT2D eigenvalue weighted by atomic mass is 32.2. The highest BCUT2D eigenvalue weighted by Crippen LogP contribution is 2.26. The molecule has 0 radical (unpaired) electrons. The van der Waals surface area contributed by atoms with Crippen LogP contribution in [0.15, 0.2) is 59.5 Å². The van der Waals surface area contributed by atoms with Crippen molar-refractivity contribution in [2.75, 3.05) is 23.9 Å². The van der Waals surface area contributed by atoms with Crippen LogP contribution in [0.1, 0.15) is 12.5 Å². The summed E-state index contributed by atoms with van der Waals surface area (Å²) in [5, 5.41) is 2.82. The van der Waals surface area contributed by atoms with E-state index in [9.17, 15) is 13.2 Å². The van der Waals surface area contributed by atoms with Gasteiger partial charge in [-0.2, -0.15) is 4.31 Å². The Morgan fingerprint density at radius 3 is 2.36 bits per heavy atom. The molecule has 0 heterocycles. The van der Waals surface area contributed by atoms with Gasteiger partial charge in [-0.25, -0.2) is 8.42 Å². The summed E-state index contributed by atoms with van der Waals surface area (Å²) in [5.74, 6) is 0.529. The molecule has 0 bridgehead atoms. The second kappa shape index (κ2) is 9.03. The van der Waals surface area contributed by atoms with Crippen LogP contribution in [0.3, 0.4) is 0 Å². The van der Waals surface area contributed by atoms with Gasteiger partial charge in [0.15, 0.2) is 0 Å². The van der Waals surface area contributed by atoms with Crippen LogP contribution in [0.4, 0.5) is 5.69 Å². The monoisotopic (exact) mass is 378 g/mol. The molecule has 0 spiro atoms. The second-order valence-electron chi connectivity index (χ2n) is 5.49. The van der Waals surface area contributed by atoms with Gasteiger partial charge >= 0.3 is 0 Å². The number of anilines is 1. The summed E-state index contributed by atoms with van der Waals surface area (Å²) < 4.78 is 25.2. The van der Waals surface area contributed by atoms with Gasteiger partial charge in [0.25, 0.3) is 0 Å². The Bertz CT molecular complexity index is 808. The fourth-order valence-corrected chi connectivity index (χ4v) is 3.77. The third-order valence-electron chi connectivity index (χ3n) is 3.45. The van der Waals surface area contributed by atoms with Crippen molar-refractivity contribution in [3.8, 4) is 0 Å². The molecular formula is C18H22N2O3S2. The SMILES string of the molecule is CCSc1ccccc1NC(=O)CN(Cc1ccccc1)S(C)(=O)=O. The zero-order valence-corrected chi connectivity index (χ0v) is 15.9. The van der Waals surface area contributed by atoms with Crippen LogP contribution in [-0.2, 0) is 21.4 Å². The van der Waals surface area contributed by atoms with E-state index in [1.54, 1.807) is 11.8 Å². The van der Waals surface area contributed by atoms with E-state index in [0.717, 1.165) is 22.5 Å². The maximum atomic E-state index is 12.4. The molecule has 2 aromatic rings. The standard InChI is InChI=1S/C18H22N2O3S2/c1-3-24-17-12-8-7-11-16(17)19-18(21)14-20(25(2,22)23)13-15-9-5-4-6-10-15/h4-12H,3,13-14H2,1-2H3,(H,19,21). The Balaban J connectivity index is 2.10. The molecule has 2 aromatic carbocycles. The van der Waals surface area contributed by atoms with Crippen LogP contribution >= 0.6 is 11.8 Å². The number of hydrogen-bond donors (Lipinski definition) is 1. The lowest BCUT2D eigenvalue weighted by Gasteiger charge is -2.20. The fraction of sp³-hybridized carbons (Fsp3) is 0.278. The van der Waals surface area contributed by atoms with Crippen molar-refractivity contribution in [2.24, 2.45) is 0 Å². The third kappa shape index (κ3) is 6.19. The molecule has 0 saturated carbocycles. The number of hydrogen-bond acceptors (Lipinski definition) is 4. The fourth-order valence-electron chi connectivity index (χ4n) is 2.28. The largest absolute Gasteiger partial charge is 0.324 e. The smallest absolute Gasteiger partial charge is 0.239 e. The minimum absolute atomic E-state index is 0.165. The highest BCUT2D eigenvalue weighted by molar-refractivity contribution is 7.99. The summed E-state index contributed by atoms with van der Waals surface area (Å²) in [6.45, 7) is 1.98. The molecule has 25 heavy (non-hydrogen) atoms. The Kier molecular flexibility index (Phi) is 7.04. The minimum Gasteiger partial charge on any atom is -0.324 e. The van der Waals surface area contributed by atoms with Crippen LogP contribution < -0.4 is 5.32 Å². The average molecular weight is 379 g/mol. The molecule has 7 heteroatoms. The molecule has 0 fully saturated rings. The first-order valence-electron chi connectivity index (χ1n) is 7.91. The van der Waals surface area contributed by atoms with Gasteiger partial charge in [0.2, 0.25) is 15.9 Å². The molecule has 0 aliphatic heterocycles. The van der Waals surface area contributed by atoms with Crippen molar-refractivity contribution < 1.29 is 13.2 Å². The van der Waals surface area contributed by atoms with Gasteiger partial charge in [0, 0.05) is 11.4 Å². The van der Waals surface area contributed by atoms with E-state index in [0.29, 0.717) is 5.69 Å². The van der Waals surface area contributed by atoms with Gasteiger partial charge in [-0.15, -0.1) is 11.8 Å². The molecule has 0 aromatic heterocycles. The zero-order valence-electron chi connectivity index (χ0n) is 14.3. The summed E-state index contributed by atoms with van der Waals surface area (Å²) >= 11 is 1.62. The van der Waals surface area contributed by atoms with Gasteiger partial charge in [0.1, 0.15) is 0 Å². The number of nitrogens with one attached hydrogen (secondary N) is 1. The summed E-state index contributed by atoms with van der Waals surface area (Å²) in [7, 11) is -3.50. The molecular weight excluding hydrogens is 356 g/mol. The molecule has 0 unspecified atom stereocenters. The lowest BCUT2D eigenvalue weighted by molar-refractivity contribution is -0.116. The molecule has 1 N–H and O–H groups in total. The lowest BCUT2D eigenvalue weighted by Crippen LogP contribution is -2.36. The van der Waals surface area contributed by atoms with E-state index in [-0.39, 0.29) is 19.0 Å². The molecule has 1 amide bonds. The van der Waals surface area contributed by atoms with Crippen LogP contribution in [0, 0.1) is 0 Å². The Hall–Kier alpha value is -1.83. The molecule has 5 nitrogen and oxygen atoms in total. The van der Waals surface area contributed by atoms with E-state index in [4.69, 9.17) is 0 Å². The Morgan fingerprint density at radius 2 is 1.72 bits per heavy atom. The maximum absolute atomic E-state index is 12.4. The summed E-state index contributed by atoms with van der Waals surface area (Å²) in [6.07, 6.45) is 1.12. The van der Waals surface area contributed by atoms with Crippen LogP contribution in [-0.4, -0.2) is 37.2 Å². The first kappa shape index (κ1) is 19.5. The van der Waals surface area contributed by atoms with E-state index in [2.05, 4.69) is 5.32 Å². The molecule has 2 rings (SSSR count). The van der Waals surface area contributed by atoms with Gasteiger partial charge in [-0.05, 0) is 23.4 Å². The topological polar surface area (TPSA) is 66.5 Å². The number of amides is 1. The van der Waals surface area contributed by atoms with Crippen molar-refractivity contribution in [1.29, 1.82) is 0 Å². The van der Waals surface area contributed by atoms with Crippen LogP contribution in [0.25, 0.3) is 0 Å². The van der Waals surface area contributed by atoms with Crippen molar-refractivity contribution in [3.05, 3.63) is 60.2 Å². The number of thioether (sulfide) groups is 1. The van der Waals surface area contributed by atoms with E-state index < -0.39 is 10.0 Å². The number of para-hydroxylation sites is 1. The number of benzene rings is 2. The number of carbonyl (C=O) groups is 1. The van der Waals surface area contributed by atoms with Crippen molar-refractivity contribution >= 4 is 33.4 Å². The highest BCUT2D eigenvalue weighted by Gasteiger charge is 2.21. The first-order valence-corrected chi connectivity index (χ1v) is 10.7.